The van der Waals surface area contributed by atoms with Gasteiger partial charge in [-0.2, -0.15) is 0 Å². The van der Waals surface area contributed by atoms with Crippen LogP contribution in [0.3, 0.4) is 0 Å². The molecule has 1 unspecified atom stereocenters. The molecule has 2 rings (SSSR count). The highest BCUT2D eigenvalue weighted by molar-refractivity contribution is 5.92. The van der Waals surface area contributed by atoms with Crippen molar-refractivity contribution in [3.8, 4) is 5.75 Å². The second-order valence-electron chi connectivity index (χ2n) is 6.15. The molecule has 0 aliphatic heterocycles. The molecule has 2 aromatic rings. The zero-order chi connectivity index (χ0) is 18.2. The summed E-state index contributed by atoms with van der Waals surface area (Å²) in [6.45, 7) is 4.88. The van der Waals surface area contributed by atoms with Crippen molar-refractivity contribution in [2.45, 2.75) is 26.4 Å². The number of hydrogen-bond donors (Lipinski definition) is 1. The number of amides is 1. The Bertz CT molecular complexity index is 695. The number of carbonyl (C=O) groups excluding carboxylic acids is 2. The molecule has 2 N–H and O–H groups in total. The van der Waals surface area contributed by atoms with E-state index in [-0.39, 0.29) is 0 Å². The summed E-state index contributed by atoms with van der Waals surface area (Å²) in [7, 11) is 0. The molecular weight excluding hydrogens is 318 g/mol. The molecular formula is C20H23NO4. The van der Waals surface area contributed by atoms with Crippen LogP contribution in [0.4, 0.5) is 0 Å². The van der Waals surface area contributed by atoms with Gasteiger partial charge in [0.2, 0.25) is 6.10 Å². The van der Waals surface area contributed by atoms with Gasteiger partial charge in [-0.05, 0) is 36.6 Å². The molecule has 0 aliphatic carbocycles. The third-order valence-electron chi connectivity index (χ3n) is 3.64. The van der Waals surface area contributed by atoms with Gasteiger partial charge in [0, 0.05) is 5.56 Å². The zero-order valence-electron chi connectivity index (χ0n) is 14.5. The number of primary amides is 1. The summed E-state index contributed by atoms with van der Waals surface area (Å²) in [5.41, 5.74) is 6.23. The fourth-order valence-corrected chi connectivity index (χ4v) is 2.19. The summed E-state index contributed by atoms with van der Waals surface area (Å²) in [6, 6.07) is 15.3. The number of esters is 1. The summed E-state index contributed by atoms with van der Waals surface area (Å²) in [6.07, 6.45) is -0.156. The average molecular weight is 341 g/mol. The Morgan fingerprint density at radius 3 is 2.20 bits per heavy atom. The normalized spacial score (nSPS) is 11.8. The molecule has 25 heavy (non-hydrogen) atoms. The molecule has 0 heterocycles. The van der Waals surface area contributed by atoms with Gasteiger partial charge in [-0.25, -0.2) is 4.79 Å². The van der Waals surface area contributed by atoms with Crippen LogP contribution < -0.4 is 10.5 Å². The van der Waals surface area contributed by atoms with Crippen molar-refractivity contribution >= 4 is 11.9 Å². The number of hydrogen-bond acceptors (Lipinski definition) is 4. The lowest BCUT2D eigenvalue weighted by Gasteiger charge is -2.15. The van der Waals surface area contributed by atoms with Gasteiger partial charge < -0.3 is 15.2 Å². The Hall–Kier alpha value is -2.82. The summed E-state index contributed by atoms with van der Waals surface area (Å²) in [4.78, 5) is 23.9. The van der Waals surface area contributed by atoms with Gasteiger partial charge in [0.1, 0.15) is 5.75 Å². The molecule has 132 valence electrons. The monoisotopic (exact) mass is 341 g/mol. The van der Waals surface area contributed by atoms with Crippen LogP contribution in [0.25, 0.3) is 0 Å². The highest BCUT2D eigenvalue weighted by atomic mass is 16.5. The second-order valence-corrected chi connectivity index (χ2v) is 6.15. The lowest BCUT2D eigenvalue weighted by molar-refractivity contribution is -0.127. The van der Waals surface area contributed by atoms with Crippen molar-refractivity contribution in [3.63, 3.8) is 0 Å². The Balaban J connectivity index is 2.00. The minimum absolute atomic E-state index is 0.332. The van der Waals surface area contributed by atoms with Gasteiger partial charge in [-0.15, -0.1) is 0 Å². The standard InChI is InChI=1S/C20H23NO4/c1-14(2)12-13-24-17-10-8-16(9-11-17)20(23)25-18(19(21)22)15-6-4-3-5-7-15/h3-11,14,18H,12-13H2,1-2H3,(H2,21,22). The first kappa shape index (κ1) is 18.5. The van der Waals surface area contributed by atoms with Crippen LogP contribution in [0.5, 0.6) is 5.75 Å². The van der Waals surface area contributed by atoms with E-state index < -0.39 is 18.0 Å². The van der Waals surface area contributed by atoms with Crippen LogP contribution in [0.1, 0.15) is 42.3 Å². The van der Waals surface area contributed by atoms with Crippen LogP contribution in [0.15, 0.2) is 54.6 Å². The Morgan fingerprint density at radius 2 is 1.64 bits per heavy atom. The SMILES string of the molecule is CC(C)CCOc1ccc(C(=O)OC(C(N)=O)c2ccccc2)cc1. The van der Waals surface area contributed by atoms with Crippen LogP contribution in [-0.2, 0) is 9.53 Å². The van der Waals surface area contributed by atoms with Crippen molar-refractivity contribution in [3.05, 3.63) is 65.7 Å². The molecule has 0 bridgehead atoms. The maximum Gasteiger partial charge on any atom is 0.339 e. The molecule has 1 atom stereocenters. The Kier molecular flexibility index (Phi) is 6.57. The van der Waals surface area contributed by atoms with E-state index in [0.717, 1.165) is 6.42 Å². The van der Waals surface area contributed by atoms with Crippen LogP contribution in [0.2, 0.25) is 0 Å². The van der Waals surface area contributed by atoms with Crippen molar-refractivity contribution < 1.29 is 19.1 Å². The predicted molar refractivity (Wildman–Crippen MR) is 95.2 cm³/mol. The zero-order valence-corrected chi connectivity index (χ0v) is 14.5. The highest BCUT2D eigenvalue weighted by Crippen LogP contribution is 2.20. The van der Waals surface area contributed by atoms with E-state index in [0.29, 0.717) is 29.4 Å². The van der Waals surface area contributed by atoms with E-state index in [1.54, 1.807) is 54.6 Å². The summed E-state index contributed by atoms with van der Waals surface area (Å²) < 4.78 is 10.9. The van der Waals surface area contributed by atoms with Crippen LogP contribution >= 0.6 is 0 Å². The fraction of sp³-hybridized carbons (Fsp3) is 0.300. The number of nitrogens with two attached hydrogens (primary N) is 1. The molecule has 0 saturated heterocycles. The third-order valence-corrected chi connectivity index (χ3v) is 3.64. The molecule has 0 aliphatic rings. The van der Waals surface area contributed by atoms with Crippen LogP contribution in [-0.4, -0.2) is 18.5 Å². The van der Waals surface area contributed by atoms with Gasteiger partial charge in [0.25, 0.3) is 5.91 Å². The topological polar surface area (TPSA) is 78.6 Å². The van der Waals surface area contributed by atoms with Gasteiger partial charge >= 0.3 is 5.97 Å². The Morgan fingerprint density at radius 1 is 1.00 bits per heavy atom. The first-order chi connectivity index (χ1) is 12.0. The highest BCUT2D eigenvalue weighted by Gasteiger charge is 2.23. The summed E-state index contributed by atoms with van der Waals surface area (Å²) >= 11 is 0. The molecule has 5 heteroatoms. The second kappa shape index (κ2) is 8.87. The number of benzene rings is 2. The lowest BCUT2D eigenvalue weighted by atomic mass is 10.1. The molecule has 0 fully saturated rings. The summed E-state index contributed by atoms with van der Waals surface area (Å²) in [5, 5.41) is 0. The smallest absolute Gasteiger partial charge is 0.339 e. The van der Waals surface area contributed by atoms with E-state index >= 15 is 0 Å². The fourth-order valence-electron chi connectivity index (χ4n) is 2.19. The molecule has 1 amide bonds. The Labute approximate surface area is 147 Å². The first-order valence-electron chi connectivity index (χ1n) is 8.25. The van der Waals surface area contributed by atoms with E-state index in [1.807, 2.05) is 0 Å². The van der Waals surface area contributed by atoms with Crippen molar-refractivity contribution in [2.75, 3.05) is 6.61 Å². The van der Waals surface area contributed by atoms with Gasteiger partial charge in [-0.1, -0.05) is 44.2 Å². The molecule has 0 spiro atoms. The third kappa shape index (κ3) is 5.64. The molecule has 0 radical (unpaired) electrons. The lowest BCUT2D eigenvalue weighted by Crippen LogP contribution is -2.26. The maximum atomic E-state index is 12.3. The molecule has 5 nitrogen and oxygen atoms in total. The van der Waals surface area contributed by atoms with Gasteiger partial charge in [0.15, 0.2) is 0 Å². The maximum absolute atomic E-state index is 12.3. The molecule has 2 aromatic carbocycles. The van der Waals surface area contributed by atoms with Crippen LogP contribution in [0, 0.1) is 5.92 Å². The predicted octanol–water partition coefficient (Wildman–Crippen LogP) is 3.49. The number of ether oxygens (including phenoxy) is 2. The summed E-state index contributed by atoms with van der Waals surface area (Å²) in [5.74, 6) is -0.0701. The van der Waals surface area contributed by atoms with E-state index in [2.05, 4.69) is 13.8 Å². The minimum Gasteiger partial charge on any atom is -0.494 e. The van der Waals surface area contributed by atoms with Gasteiger partial charge in [-0.3, -0.25) is 4.79 Å². The first-order valence-corrected chi connectivity index (χ1v) is 8.25. The molecule has 0 aromatic heterocycles. The molecule has 0 saturated carbocycles. The number of rotatable bonds is 8. The van der Waals surface area contributed by atoms with Crippen molar-refractivity contribution in [1.82, 2.24) is 0 Å². The average Bonchev–Trinajstić information content (AvgIpc) is 2.60. The van der Waals surface area contributed by atoms with Crippen molar-refractivity contribution in [1.29, 1.82) is 0 Å². The van der Waals surface area contributed by atoms with E-state index in [9.17, 15) is 9.59 Å². The van der Waals surface area contributed by atoms with Crippen molar-refractivity contribution in [2.24, 2.45) is 11.7 Å². The number of carbonyl (C=O) groups is 2. The van der Waals surface area contributed by atoms with E-state index in [1.165, 1.54) is 0 Å². The van der Waals surface area contributed by atoms with E-state index in [4.69, 9.17) is 15.2 Å². The largest absolute Gasteiger partial charge is 0.494 e. The minimum atomic E-state index is -1.12. The van der Waals surface area contributed by atoms with Gasteiger partial charge in [0.05, 0.1) is 12.2 Å². The quantitative estimate of drug-likeness (QED) is 0.745.